The number of aryl methyl sites for hydroxylation is 1. The van der Waals surface area contributed by atoms with Gasteiger partial charge in [-0.25, -0.2) is 4.98 Å². The number of aromatic nitrogens is 4. The first-order valence-corrected chi connectivity index (χ1v) is 11.8. The van der Waals surface area contributed by atoms with Gasteiger partial charge < -0.3 is 9.47 Å². The van der Waals surface area contributed by atoms with Crippen LogP contribution in [0.25, 0.3) is 22.8 Å². The highest BCUT2D eigenvalue weighted by atomic mass is 16.5. The molecule has 4 aliphatic rings. The Bertz CT molecular complexity index is 1060. The maximum Gasteiger partial charge on any atom is 0.284 e. The van der Waals surface area contributed by atoms with Crippen LogP contribution >= 0.6 is 0 Å². The molecule has 1 aromatic rings. The van der Waals surface area contributed by atoms with Crippen LogP contribution in [0.1, 0.15) is 44.3 Å². The number of nitrogens with one attached hydrogen (secondary N) is 1. The monoisotopic (exact) mass is 437 g/mol. The van der Waals surface area contributed by atoms with Crippen molar-refractivity contribution in [2.45, 2.75) is 45.1 Å². The first kappa shape index (κ1) is 21.2. The largest absolute Gasteiger partial charge is 0.492 e. The molecule has 3 aliphatic heterocycles. The summed E-state index contributed by atoms with van der Waals surface area (Å²) in [7, 11) is 0. The normalized spacial score (nSPS) is 17.9. The second-order valence-electron chi connectivity index (χ2n) is 8.63. The summed E-state index contributed by atoms with van der Waals surface area (Å²) in [6.45, 7) is 7.08. The Kier molecular flexibility index (Phi) is 6.23. The fraction of sp³-hybridized carbons (Fsp3) is 0.542. The fourth-order valence-electron chi connectivity index (χ4n) is 4.75. The summed E-state index contributed by atoms with van der Waals surface area (Å²) in [6, 6.07) is 8.08. The van der Waals surface area contributed by atoms with Gasteiger partial charge in [-0.3, -0.25) is 19.5 Å². The van der Waals surface area contributed by atoms with Crippen molar-refractivity contribution in [3.05, 3.63) is 40.3 Å². The number of H-pyrrole nitrogens is 1. The predicted octanol–water partition coefficient (Wildman–Crippen LogP) is 3.13. The zero-order chi connectivity index (χ0) is 21.9. The Morgan fingerprint density at radius 3 is 2.59 bits per heavy atom. The van der Waals surface area contributed by atoms with Crippen molar-refractivity contribution in [3.8, 4) is 28.5 Å². The average molecular weight is 438 g/mol. The molecule has 1 saturated carbocycles. The molecule has 2 fully saturated rings. The van der Waals surface area contributed by atoms with E-state index in [4.69, 9.17) is 14.5 Å². The summed E-state index contributed by atoms with van der Waals surface area (Å²) >= 11 is 0. The van der Waals surface area contributed by atoms with Crippen LogP contribution < -0.4 is 10.3 Å². The fourth-order valence-corrected chi connectivity index (χ4v) is 4.75. The highest BCUT2D eigenvalue weighted by Gasteiger charge is 2.27. The van der Waals surface area contributed by atoms with E-state index in [1.807, 2.05) is 24.3 Å². The lowest BCUT2D eigenvalue weighted by molar-refractivity contribution is 0.0322. The summed E-state index contributed by atoms with van der Waals surface area (Å²) < 4.78 is 13.4. The summed E-state index contributed by atoms with van der Waals surface area (Å²) in [5, 5.41) is 3.44. The molecule has 0 radical (unpaired) electrons. The number of fused-ring (bicyclic) bond motifs is 1. The van der Waals surface area contributed by atoms with Crippen molar-refractivity contribution in [3.63, 3.8) is 0 Å². The highest BCUT2D eigenvalue weighted by Crippen LogP contribution is 2.34. The van der Waals surface area contributed by atoms with Crippen LogP contribution in [-0.4, -0.2) is 64.1 Å². The van der Waals surface area contributed by atoms with Crippen molar-refractivity contribution in [2.75, 3.05) is 39.5 Å². The quantitative estimate of drug-likeness (QED) is 0.611. The molecule has 0 unspecified atom stereocenters. The van der Waals surface area contributed by atoms with E-state index in [0.29, 0.717) is 24.0 Å². The van der Waals surface area contributed by atoms with E-state index in [1.165, 1.54) is 12.8 Å². The van der Waals surface area contributed by atoms with Gasteiger partial charge in [0, 0.05) is 30.9 Å². The maximum atomic E-state index is 12.9. The Morgan fingerprint density at radius 1 is 1.12 bits per heavy atom. The average Bonchev–Trinajstić information content (AvgIpc) is 3.48. The van der Waals surface area contributed by atoms with Crippen molar-refractivity contribution in [1.29, 1.82) is 0 Å². The van der Waals surface area contributed by atoms with Gasteiger partial charge in [-0.05, 0) is 43.5 Å². The molecular weight excluding hydrogens is 406 g/mol. The van der Waals surface area contributed by atoms with Gasteiger partial charge in [0.05, 0.1) is 19.3 Å². The van der Waals surface area contributed by atoms with Crippen LogP contribution in [0.3, 0.4) is 0 Å². The molecule has 0 bridgehead atoms. The molecule has 1 saturated heterocycles. The number of nitrogens with zero attached hydrogens (tertiary/aromatic N) is 4. The van der Waals surface area contributed by atoms with Gasteiger partial charge in [-0.1, -0.05) is 19.8 Å². The van der Waals surface area contributed by atoms with Gasteiger partial charge in [-0.15, -0.1) is 0 Å². The predicted molar refractivity (Wildman–Crippen MR) is 122 cm³/mol. The molecule has 0 spiro atoms. The molecule has 8 nitrogen and oxygen atoms in total. The van der Waals surface area contributed by atoms with E-state index >= 15 is 0 Å². The van der Waals surface area contributed by atoms with Gasteiger partial charge in [0.1, 0.15) is 17.9 Å². The molecule has 32 heavy (non-hydrogen) atoms. The standard InChI is InChI=1S/C24H31N5O3/c1-2-20-21-23(29(27-20)18-5-3-4-6-18)25-22(26-24(21)30)17-7-9-19(10-8-17)32-16-13-28-11-14-31-15-12-28/h7-10,18,27H,2-6,11-16H2,1H3. The molecule has 170 valence electrons. The number of hydrogen-bond acceptors (Lipinski definition) is 6. The second kappa shape index (κ2) is 9.42. The van der Waals surface area contributed by atoms with Crippen LogP contribution in [0.2, 0.25) is 0 Å². The second-order valence-corrected chi connectivity index (χ2v) is 8.63. The molecule has 1 N–H and O–H groups in total. The molecule has 1 aliphatic carbocycles. The smallest absolute Gasteiger partial charge is 0.284 e. The Hall–Kier alpha value is -2.71. The van der Waals surface area contributed by atoms with Crippen molar-refractivity contribution in [2.24, 2.45) is 0 Å². The van der Waals surface area contributed by atoms with Crippen LogP contribution in [0.15, 0.2) is 29.1 Å². The molecule has 0 aromatic heterocycles. The van der Waals surface area contributed by atoms with E-state index in [1.54, 1.807) is 0 Å². The van der Waals surface area contributed by atoms with E-state index in [-0.39, 0.29) is 5.56 Å². The third kappa shape index (κ3) is 4.29. The third-order valence-electron chi connectivity index (χ3n) is 6.58. The molecule has 5 rings (SSSR count). The minimum absolute atomic E-state index is 0.208. The zero-order valence-electron chi connectivity index (χ0n) is 18.7. The van der Waals surface area contributed by atoms with E-state index < -0.39 is 0 Å². The van der Waals surface area contributed by atoms with E-state index in [0.717, 1.165) is 74.9 Å². The van der Waals surface area contributed by atoms with Gasteiger partial charge in [0.15, 0.2) is 11.6 Å². The molecule has 3 heterocycles. The number of aromatic amines is 1. The number of hydrogen-bond donors (Lipinski definition) is 1. The minimum Gasteiger partial charge on any atom is -0.492 e. The number of morpholine rings is 1. The van der Waals surface area contributed by atoms with Crippen molar-refractivity contribution < 1.29 is 9.47 Å². The van der Waals surface area contributed by atoms with Gasteiger partial charge >= 0.3 is 0 Å². The Labute approximate surface area is 187 Å². The first-order chi connectivity index (χ1) is 15.7. The van der Waals surface area contributed by atoms with E-state index in [2.05, 4.69) is 26.6 Å². The van der Waals surface area contributed by atoms with Crippen LogP contribution in [0, 0.1) is 0 Å². The van der Waals surface area contributed by atoms with Crippen molar-refractivity contribution >= 4 is 0 Å². The molecule has 0 atom stereocenters. The third-order valence-corrected chi connectivity index (χ3v) is 6.58. The van der Waals surface area contributed by atoms with Gasteiger partial charge in [-0.2, -0.15) is 4.98 Å². The summed E-state index contributed by atoms with van der Waals surface area (Å²) in [5.74, 6) is 2.01. The Morgan fingerprint density at radius 2 is 1.88 bits per heavy atom. The molecule has 0 amide bonds. The molecule has 1 aromatic carbocycles. The first-order valence-electron chi connectivity index (χ1n) is 11.8. The number of benzene rings is 1. The van der Waals surface area contributed by atoms with Crippen LogP contribution in [0.5, 0.6) is 5.75 Å². The molecular formula is C24H31N5O3. The SMILES string of the molecule is CCc1[nH]n(C2CCCC2)c2nc(-c3ccc(OCCN4CCOCC4)cc3)nc(=O)c1-2. The number of ether oxygens (including phenoxy) is 2. The summed E-state index contributed by atoms with van der Waals surface area (Å²) in [5.41, 5.74) is 2.17. The van der Waals surface area contributed by atoms with Crippen molar-refractivity contribution in [1.82, 2.24) is 24.6 Å². The minimum atomic E-state index is -0.208. The van der Waals surface area contributed by atoms with Crippen LogP contribution in [0.4, 0.5) is 0 Å². The van der Waals surface area contributed by atoms with E-state index in [9.17, 15) is 4.79 Å². The summed E-state index contributed by atoms with van der Waals surface area (Å²) in [4.78, 5) is 24.4. The Balaban J connectivity index is 1.35. The lowest BCUT2D eigenvalue weighted by Crippen LogP contribution is -2.38. The number of rotatable bonds is 7. The van der Waals surface area contributed by atoms with Gasteiger partial charge in [0.25, 0.3) is 5.56 Å². The molecule has 8 heteroatoms. The highest BCUT2D eigenvalue weighted by molar-refractivity contribution is 5.65. The maximum absolute atomic E-state index is 12.9. The van der Waals surface area contributed by atoms with Crippen LogP contribution in [-0.2, 0) is 11.2 Å². The lowest BCUT2D eigenvalue weighted by atomic mass is 10.1. The zero-order valence-corrected chi connectivity index (χ0v) is 18.7. The van der Waals surface area contributed by atoms with Gasteiger partial charge in [0.2, 0.25) is 0 Å². The summed E-state index contributed by atoms with van der Waals surface area (Å²) in [6.07, 6.45) is 5.43. The topological polar surface area (TPSA) is 85.3 Å². The lowest BCUT2D eigenvalue weighted by Gasteiger charge is -2.26.